The molecule has 6 rings (SSSR count). The smallest absolute Gasteiger partial charge is 0.267 e. The minimum absolute atomic E-state index is 0.0465. The van der Waals surface area contributed by atoms with Gasteiger partial charge in [-0.1, -0.05) is 29.3 Å². The molecular weight excluding hydrogens is 462 g/mol. The lowest BCUT2D eigenvalue weighted by atomic mass is 9.89. The molecule has 2 amide bonds. The molecule has 7 nitrogen and oxygen atoms in total. The number of amides is 2. The molecule has 0 bridgehead atoms. The highest BCUT2D eigenvalue weighted by molar-refractivity contribution is 7.89. The van der Waals surface area contributed by atoms with Crippen molar-refractivity contribution in [1.29, 1.82) is 0 Å². The number of benzene rings is 2. The van der Waals surface area contributed by atoms with E-state index in [0.717, 1.165) is 29.1 Å². The number of nitrogens with zero attached hydrogens (tertiary/aromatic N) is 3. The molecule has 2 aliphatic heterocycles. The van der Waals surface area contributed by atoms with Gasteiger partial charge in [0.15, 0.2) is 0 Å². The summed E-state index contributed by atoms with van der Waals surface area (Å²) in [5.41, 5.74) is 5.85. The van der Waals surface area contributed by atoms with Crippen molar-refractivity contribution >= 4 is 32.7 Å². The monoisotopic (exact) mass is 491 g/mol. The maximum atomic E-state index is 13.9. The van der Waals surface area contributed by atoms with Crippen molar-refractivity contribution in [2.24, 2.45) is 0 Å². The van der Waals surface area contributed by atoms with Crippen LogP contribution in [0.4, 0.5) is 0 Å². The first kappa shape index (κ1) is 22.3. The largest absolute Gasteiger partial charge is 0.341 e. The quantitative estimate of drug-likeness (QED) is 0.557. The molecule has 0 unspecified atom stereocenters. The molecule has 3 heterocycles. The van der Waals surface area contributed by atoms with Crippen LogP contribution in [0, 0.1) is 13.8 Å². The van der Waals surface area contributed by atoms with Crippen LogP contribution in [0.15, 0.2) is 47.4 Å². The van der Waals surface area contributed by atoms with Crippen molar-refractivity contribution in [3.8, 4) is 0 Å². The van der Waals surface area contributed by atoms with Gasteiger partial charge in [0.05, 0.1) is 10.9 Å². The highest BCUT2D eigenvalue weighted by atomic mass is 32.2. The van der Waals surface area contributed by atoms with Gasteiger partial charge in [-0.15, -0.1) is 0 Å². The van der Waals surface area contributed by atoms with Gasteiger partial charge in [-0.3, -0.25) is 9.59 Å². The van der Waals surface area contributed by atoms with Gasteiger partial charge in [-0.2, -0.15) is 0 Å². The first-order valence-corrected chi connectivity index (χ1v) is 13.8. The van der Waals surface area contributed by atoms with Crippen molar-refractivity contribution in [3.63, 3.8) is 0 Å². The average molecular weight is 492 g/mol. The van der Waals surface area contributed by atoms with E-state index in [9.17, 15) is 18.0 Å². The van der Waals surface area contributed by atoms with Crippen molar-refractivity contribution < 1.29 is 18.0 Å². The standard InChI is InChI=1S/C27H29N3O4S/c1-17-6-9-19(10-7-17)35(33,34)30-24(12-13-25(30)31)27(32)29-15-14-28-22-11-8-18(2)16-21(22)20-4-3-5-23(29)26(20)28/h6-11,16,23-24H,3-5,12-15H2,1-2H3/t23-,24-/m1/s1. The van der Waals surface area contributed by atoms with Crippen LogP contribution in [0.3, 0.4) is 0 Å². The van der Waals surface area contributed by atoms with Gasteiger partial charge in [0.2, 0.25) is 11.8 Å². The Morgan fingerprint density at radius 3 is 2.46 bits per heavy atom. The molecule has 0 saturated carbocycles. The number of carbonyl (C=O) groups excluding carboxylic acids is 2. The van der Waals surface area contributed by atoms with Crippen LogP contribution in [0.2, 0.25) is 0 Å². The molecule has 2 aromatic carbocycles. The van der Waals surface area contributed by atoms with Crippen LogP contribution in [0.1, 0.15) is 54.1 Å². The molecule has 1 aromatic heterocycles. The van der Waals surface area contributed by atoms with Gasteiger partial charge >= 0.3 is 0 Å². The topological polar surface area (TPSA) is 79.7 Å². The third-order valence-corrected chi connectivity index (χ3v) is 9.68. The summed E-state index contributed by atoms with van der Waals surface area (Å²) in [5.74, 6) is -0.757. The number of rotatable bonds is 3. The van der Waals surface area contributed by atoms with Gasteiger partial charge in [0.25, 0.3) is 10.0 Å². The summed E-state index contributed by atoms with van der Waals surface area (Å²) in [5, 5.41) is 1.26. The molecule has 0 radical (unpaired) electrons. The Labute approximate surface area is 205 Å². The third kappa shape index (κ3) is 3.33. The van der Waals surface area contributed by atoms with E-state index >= 15 is 0 Å². The molecule has 35 heavy (non-hydrogen) atoms. The van der Waals surface area contributed by atoms with E-state index in [2.05, 4.69) is 29.7 Å². The van der Waals surface area contributed by atoms with E-state index in [4.69, 9.17) is 0 Å². The average Bonchev–Trinajstić information content (AvgIpc) is 3.39. The fourth-order valence-corrected chi connectivity index (χ4v) is 7.78. The number of aryl methyl sites for hydroxylation is 3. The van der Waals surface area contributed by atoms with E-state index in [-0.39, 0.29) is 29.7 Å². The summed E-state index contributed by atoms with van der Waals surface area (Å²) in [7, 11) is -4.11. The highest BCUT2D eigenvalue weighted by Gasteiger charge is 2.48. The van der Waals surface area contributed by atoms with E-state index in [1.54, 1.807) is 12.1 Å². The first-order valence-electron chi connectivity index (χ1n) is 12.3. The fraction of sp³-hybridized carbons (Fsp3) is 0.407. The molecule has 1 saturated heterocycles. The number of aromatic nitrogens is 1. The Morgan fingerprint density at radius 1 is 0.943 bits per heavy atom. The lowest BCUT2D eigenvalue weighted by Crippen LogP contribution is -2.52. The molecule has 182 valence electrons. The summed E-state index contributed by atoms with van der Waals surface area (Å²) in [4.78, 5) is 28.6. The molecule has 0 spiro atoms. The second kappa shape index (κ2) is 7.95. The maximum Gasteiger partial charge on any atom is 0.267 e. The van der Waals surface area contributed by atoms with Crippen molar-refractivity contribution in [2.45, 2.75) is 69.5 Å². The lowest BCUT2D eigenvalue weighted by molar-refractivity contribution is -0.141. The van der Waals surface area contributed by atoms with Crippen molar-refractivity contribution in [3.05, 3.63) is 64.8 Å². The second-order valence-electron chi connectivity index (χ2n) is 10.0. The van der Waals surface area contributed by atoms with Crippen LogP contribution < -0.4 is 0 Å². The van der Waals surface area contributed by atoms with Gasteiger partial charge in [-0.25, -0.2) is 12.7 Å². The van der Waals surface area contributed by atoms with Crippen LogP contribution in [-0.2, 0) is 32.6 Å². The number of hydrogen-bond donors (Lipinski definition) is 0. The van der Waals surface area contributed by atoms with Crippen LogP contribution in [-0.4, -0.2) is 46.6 Å². The highest BCUT2D eigenvalue weighted by Crippen LogP contribution is 2.43. The van der Waals surface area contributed by atoms with E-state index in [1.165, 1.54) is 39.9 Å². The maximum absolute atomic E-state index is 13.9. The normalized spacial score (nSPS) is 22.1. The summed E-state index contributed by atoms with van der Waals surface area (Å²) in [6.45, 7) is 5.15. The zero-order chi connectivity index (χ0) is 24.5. The van der Waals surface area contributed by atoms with E-state index < -0.39 is 22.0 Å². The Hall–Kier alpha value is -3.13. The molecule has 3 aliphatic rings. The summed E-state index contributed by atoms with van der Waals surface area (Å²) in [6, 6.07) is 11.9. The number of hydrogen-bond acceptors (Lipinski definition) is 4. The second-order valence-corrected chi connectivity index (χ2v) is 11.9. The Kier molecular flexibility index (Phi) is 5.07. The van der Waals surface area contributed by atoms with Gasteiger partial charge < -0.3 is 9.47 Å². The molecule has 8 heteroatoms. The zero-order valence-electron chi connectivity index (χ0n) is 20.0. The van der Waals surface area contributed by atoms with E-state index in [0.29, 0.717) is 13.1 Å². The van der Waals surface area contributed by atoms with Crippen LogP contribution in [0.25, 0.3) is 10.9 Å². The third-order valence-electron chi connectivity index (χ3n) is 7.84. The molecule has 3 aromatic rings. The number of fused-ring (bicyclic) bond motifs is 3. The van der Waals surface area contributed by atoms with Crippen molar-refractivity contribution in [1.82, 2.24) is 13.8 Å². The zero-order valence-corrected chi connectivity index (χ0v) is 20.8. The van der Waals surface area contributed by atoms with Gasteiger partial charge in [0, 0.05) is 36.1 Å². The molecule has 1 aliphatic carbocycles. The SMILES string of the molecule is Cc1ccc(S(=O)(=O)N2C(=O)CC[C@@H]2C(=O)N2CCn3c4c(c5cc(C)ccc53)CCC[C@H]42)cc1. The first-order chi connectivity index (χ1) is 16.8. The molecular formula is C27H29N3O4S. The fourth-order valence-electron chi connectivity index (χ4n) is 6.18. The Morgan fingerprint density at radius 2 is 1.69 bits per heavy atom. The number of sulfonamides is 1. The summed E-state index contributed by atoms with van der Waals surface area (Å²) >= 11 is 0. The Balaban J connectivity index is 1.37. The number of carbonyl (C=O) groups is 2. The molecule has 1 fully saturated rings. The minimum atomic E-state index is -4.11. The van der Waals surface area contributed by atoms with E-state index in [1.807, 2.05) is 11.8 Å². The van der Waals surface area contributed by atoms with Gasteiger partial charge in [0.1, 0.15) is 6.04 Å². The minimum Gasteiger partial charge on any atom is -0.341 e. The summed E-state index contributed by atoms with van der Waals surface area (Å²) < 4.78 is 30.1. The van der Waals surface area contributed by atoms with Crippen molar-refractivity contribution in [2.75, 3.05) is 6.54 Å². The van der Waals surface area contributed by atoms with Crippen LogP contribution in [0.5, 0.6) is 0 Å². The molecule has 0 N–H and O–H groups in total. The predicted octanol–water partition coefficient (Wildman–Crippen LogP) is 3.86. The predicted molar refractivity (Wildman–Crippen MR) is 132 cm³/mol. The summed E-state index contributed by atoms with van der Waals surface area (Å²) in [6.07, 6.45) is 3.09. The molecule has 2 atom stereocenters. The lowest BCUT2D eigenvalue weighted by Gasteiger charge is -2.41. The van der Waals surface area contributed by atoms with Crippen LogP contribution >= 0.6 is 0 Å². The Bertz CT molecular complexity index is 1470. The van der Waals surface area contributed by atoms with Gasteiger partial charge in [-0.05, 0) is 69.4 Å².